The predicted octanol–water partition coefficient (Wildman–Crippen LogP) is 2.15. The quantitative estimate of drug-likeness (QED) is 0.298. The predicted molar refractivity (Wildman–Crippen MR) is 138 cm³/mol. The lowest BCUT2D eigenvalue weighted by Gasteiger charge is -2.63. The second-order valence-electron chi connectivity index (χ2n) is 13.5. The minimum atomic E-state index is -1.12. The minimum Gasteiger partial charge on any atom is -0.481 e. The topological polar surface area (TPSA) is 163 Å². The molecule has 4 fully saturated rings. The van der Waals surface area contributed by atoms with E-state index in [0.717, 1.165) is 50.7 Å². The van der Waals surface area contributed by atoms with Gasteiger partial charge in [0.25, 0.3) is 0 Å². The standard InChI is InChI=1S/C29H47NO8/c1-15-24(34)23(30)25(35)26(37-15)38-18-6-9-27(2)17(13-18)4-5-21-20(27)7-10-28(3)19(8-11-29(21,28)36)16(14-31)12-22(32)33/h6,15-17,19-21,23-26,31,34-36H,4-5,7-14,30H2,1-3H3,(H,32,33)/t15-,16+,17-,19-,20+,21-,23-,24-,25+,26-,27+,28-,29+/m1/s1. The van der Waals surface area contributed by atoms with E-state index in [0.29, 0.717) is 18.3 Å². The Morgan fingerprint density at radius 3 is 2.58 bits per heavy atom. The molecule has 0 unspecified atom stereocenters. The third kappa shape index (κ3) is 4.23. The highest BCUT2D eigenvalue weighted by Crippen LogP contribution is 2.69. The van der Waals surface area contributed by atoms with E-state index in [-0.39, 0.29) is 36.2 Å². The van der Waals surface area contributed by atoms with Crippen molar-refractivity contribution >= 4 is 5.97 Å². The number of aliphatic hydroxyl groups is 4. The Kier molecular flexibility index (Phi) is 7.45. The molecule has 0 aromatic heterocycles. The van der Waals surface area contributed by atoms with Crippen LogP contribution in [0, 0.1) is 40.4 Å². The molecular weight excluding hydrogens is 490 g/mol. The summed E-state index contributed by atoms with van der Waals surface area (Å²) < 4.78 is 11.9. The van der Waals surface area contributed by atoms with Crippen molar-refractivity contribution in [3.63, 3.8) is 0 Å². The molecule has 0 aromatic carbocycles. The fraction of sp³-hybridized carbons (Fsp3) is 0.897. The van der Waals surface area contributed by atoms with Crippen molar-refractivity contribution in [2.75, 3.05) is 6.61 Å². The number of aliphatic hydroxyl groups excluding tert-OH is 3. The number of carboxylic acids is 1. The summed E-state index contributed by atoms with van der Waals surface area (Å²) in [7, 11) is 0. The lowest BCUT2D eigenvalue weighted by Crippen LogP contribution is -2.62. The maximum Gasteiger partial charge on any atom is 0.303 e. The smallest absolute Gasteiger partial charge is 0.303 e. The molecule has 3 saturated carbocycles. The first kappa shape index (κ1) is 28.3. The average Bonchev–Trinajstić information content (AvgIpc) is 3.15. The monoisotopic (exact) mass is 537 g/mol. The van der Waals surface area contributed by atoms with Gasteiger partial charge in [0.1, 0.15) is 6.10 Å². The summed E-state index contributed by atoms with van der Waals surface area (Å²) in [6, 6.07) is -0.831. The van der Waals surface area contributed by atoms with Crippen LogP contribution in [-0.2, 0) is 14.3 Å². The van der Waals surface area contributed by atoms with E-state index >= 15 is 0 Å². The molecule has 5 rings (SSSR count). The van der Waals surface area contributed by atoms with Crippen molar-refractivity contribution < 1.29 is 39.8 Å². The Balaban J connectivity index is 1.32. The Labute approximate surface area is 225 Å². The molecule has 1 saturated heterocycles. The highest BCUT2D eigenvalue weighted by atomic mass is 16.7. The summed E-state index contributed by atoms with van der Waals surface area (Å²) in [5.41, 5.74) is 4.75. The van der Waals surface area contributed by atoms with Gasteiger partial charge in [0.2, 0.25) is 6.29 Å². The van der Waals surface area contributed by atoms with E-state index in [2.05, 4.69) is 19.9 Å². The van der Waals surface area contributed by atoms with E-state index in [1.165, 1.54) is 0 Å². The van der Waals surface area contributed by atoms with E-state index in [1.807, 2.05) is 0 Å². The Morgan fingerprint density at radius 2 is 1.89 bits per heavy atom. The summed E-state index contributed by atoms with van der Waals surface area (Å²) in [5, 5.41) is 52.4. The van der Waals surface area contributed by atoms with Gasteiger partial charge in [-0.05, 0) is 98.4 Å². The summed E-state index contributed by atoms with van der Waals surface area (Å²) in [5.74, 6) is 0.450. The zero-order valence-electron chi connectivity index (χ0n) is 23.0. The first-order chi connectivity index (χ1) is 17.9. The third-order valence-electron chi connectivity index (χ3n) is 11.9. The average molecular weight is 538 g/mol. The summed E-state index contributed by atoms with van der Waals surface area (Å²) in [4.78, 5) is 11.5. The number of fused-ring (bicyclic) bond motifs is 5. The number of carboxylic acid groups (broad SMARTS) is 1. The molecule has 1 aliphatic heterocycles. The van der Waals surface area contributed by atoms with Gasteiger partial charge in [-0.1, -0.05) is 13.8 Å². The normalized spacial score (nSPS) is 51.3. The second kappa shape index (κ2) is 10.00. The minimum absolute atomic E-state index is 0.000496. The van der Waals surface area contributed by atoms with Gasteiger partial charge in [0.15, 0.2) is 0 Å². The highest BCUT2D eigenvalue weighted by Gasteiger charge is 2.67. The molecule has 9 heteroatoms. The van der Waals surface area contributed by atoms with E-state index in [9.17, 15) is 30.3 Å². The van der Waals surface area contributed by atoms with Crippen molar-refractivity contribution in [3.05, 3.63) is 11.8 Å². The number of carbonyl (C=O) groups is 1. The Bertz CT molecular complexity index is 944. The number of hydrogen-bond acceptors (Lipinski definition) is 8. The lowest BCUT2D eigenvalue weighted by atomic mass is 9.43. The van der Waals surface area contributed by atoms with Crippen LogP contribution in [-0.4, -0.2) is 74.4 Å². The van der Waals surface area contributed by atoms with Crippen molar-refractivity contribution in [1.29, 1.82) is 0 Å². The maximum atomic E-state index is 12.3. The SMILES string of the molecule is C[C@H]1O[C@H](OC2=CC[C@@]3(C)[C@H](CC[C@@H]4[C@@H]3CC[C@]3(C)[C@@H]([C@H](CO)CC(=O)O)CC[C@]43O)C2)[C@@H](O)[C@H](N)[C@@H]1O. The van der Waals surface area contributed by atoms with Crippen LogP contribution in [0.5, 0.6) is 0 Å². The van der Waals surface area contributed by atoms with Crippen LogP contribution in [0.25, 0.3) is 0 Å². The van der Waals surface area contributed by atoms with E-state index in [1.54, 1.807) is 6.92 Å². The zero-order valence-corrected chi connectivity index (χ0v) is 23.0. The van der Waals surface area contributed by atoms with Gasteiger partial charge in [0, 0.05) is 13.0 Å². The van der Waals surface area contributed by atoms with Crippen molar-refractivity contribution in [3.8, 4) is 0 Å². The molecule has 0 amide bonds. The first-order valence-electron chi connectivity index (χ1n) is 14.5. The molecule has 38 heavy (non-hydrogen) atoms. The van der Waals surface area contributed by atoms with Crippen LogP contribution >= 0.6 is 0 Å². The Hall–Kier alpha value is -1.23. The number of allylic oxidation sites excluding steroid dienone is 2. The van der Waals surface area contributed by atoms with Crippen LogP contribution < -0.4 is 5.73 Å². The van der Waals surface area contributed by atoms with Crippen molar-refractivity contribution in [1.82, 2.24) is 0 Å². The second-order valence-corrected chi connectivity index (χ2v) is 13.5. The molecule has 5 aliphatic rings. The third-order valence-corrected chi connectivity index (χ3v) is 11.9. The largest absolute Gasteiger partial charge is 0.481 e. The van der Waals surface area contributed by atoms with Gasteiger partial charge in [-0.25, -0.2) is 0 Å². The van der Waals surface area contributed by atoms with Gasteiger partial charge in [0.05, 0.1) is 36.0 Å². The van der Waals surface area contributed by atoms with Gasteiger partial charge >= 0.3 is 5.97 Å². The summed E-state index contributed by atoms with van der Waals surface area (Å²) in [6.07, 6.45) is 5.21. The van der Waals surface area contributed by atoms with Crippen LogP contribution in [0.3, 0.4) is 0 Å². The van der Waals surface area contributed by atoms with Gasteiger partial charge < -0.3 is 40.7 Å². The summed E-state index contributed by atoms with van der Waals surface area (Å²) >= 11 is 0. The molecule has 0 radical (unpaired) electrons. The fourth-order valence-corrected chi connectivity index (χ4v) is 9.58. The van der Waals surface area contributed by atoms with E-state index in [4.69, 9.17) is 15.2 Å². The number of rotatable bonds is 6. The van der Waals surface area contributed by atoms with Crippen LogP contribution in [0.1, 0.15) is 78.6 Å². The summed E-state index contributed by atoms with van der Waals surface area (Å²) in [6.45, 7) is 6.05. The molecule has 13 atom stereocenters. The number of aliphatic carboxylic acids is 1. The number of nitrogens with two attached hydrogens (primary N) is 1. The molecule has 4 aliphatic carbocycles. The Morgan fingerprint density at radius 1 is 1.16 bits per heavy atom. The zero-order chi connectivity index (χ0) is 27.6. The van der Waals surface area contributed by atoms with Gasteiger partial charge in [-0.3, -0.25) is 4.79 Å². The van der Waals surface area contributed by atoms with Crippen LogP contribution in [0.4, 0.5) is 0 Å². The van der Waals surface area contributed by atoms with Crippen molar-refractivity contribution in [2.24, 2.45) is 46.2 Å². The molecule has 9 nitrogen and oxygen atoms in total. The molecule has 1 heterocycles. The lowest BCUT2D eigenvalue weighted by molar-refractivity contribution is -0.257. The molecule has 7 N–H and O–H groups in total. The number of hydrogen-bond donors (Lipinski definition) is 6. The van der Waals surface area contributed by atoms with Crippen LogP contribution in [0.15, 0.2) is 11.8 Å². The van der Waals surface area contributed by atoms with E-state index < -0.39 is 47.6 Å². The molecule has 216 valence electrons. The van der Waals surface area contributed by atoms with Gasteiger partial charge in [-0.15, -0.1) is 0 Å². The molecule has 0 spiro atoms. The number of ether oxygens (including phenoxy) is 2. The maximum absolute atomic E-state index is 12.3. The van der Waals surface area contributed by atoms with Gasteiger partial charge in [-0.2, -0.15) is 0 Å². The molecule has 0 aromatic rings. The first-order valence-corrected chi connectivity index (χ1v) is 14.5. The highest BCUT2D eigenvalue weighted by molar-refractivity contribution is 5.67. The molecule has 0 bridgehead atoms. The molecular formula is C29H47NO8. The fourth-order valence-electron chi connectivity index (χ4n) is 9.58. The van der Waals surface area contributed by atoms with Crippen LogP contribution in [0.2, 0.25) is 0 Å². The van der Waals surface area contributed by atoms with Crippen molar-refractivity contribution in [2.45, 2.75) is 115 Å².